The largest absolute Gasteiger partial charge is 0.459 e. The van der Waals surface area contributed by atoms with Crippen molar-refractivity contribution in [1.29, 1.82) is 0 Å². The summed E-state index contributed by atoms with van der Waals surface area (Å²) >= 11 is 0. The zero-order chi connectivity index (χ0) is 18.3. The highest BCUT2D eigenvalue weighted by Crippen LogP contribution is 2.31. The molecule has 0 saturated carbocycles. The minimum absolute atomic E-state index is 0.0875. The number of fused-ring (bicyclic) bond motifs is 1. The van der Waals surface area contributed by atoms with Crippen LogP contribution in [0, 0.1) is 0 Å². The van der Waals surface area contributed by atoms with Gasteiger partial charge in [0.1, 0.15) is 11.5 Å². The molecule has 0 bridgehead atoms. The number of benzene rings is 1. The first-order valence-corrected chi connectivity index (χ1v) is 10.1. The third-order valence-corrected chi connectivity index (χ3v) is 6.41. The van der Waals surface area contributed by atoms with Gasteiger partial charge < -0.3 is 8.98 Å². The quantitative estimate of drug-likeness (QED) is 0.704. The van der Waals surface area contributed by atoms with E-state index in [-0.39, 0.29) is 17.6 Å². The van der Waals surface area contributed by atoms with Gasteiger partial charge in [0.25, 0.3) is 10.0 Å². The monoisotopic (exact) mass is 371 g/mol. The van der Waals surface area contributed by atoms with E-state index in [0.29, 0.717) is 18.7 Å². The van der Waals surface area contributed by atoms with E-state index in [1.54, 1.807) is 17.1 Å². The fourth-order valence-corrected chi connectivity index (χ4v) is 4.43. The van der Waals surface area contributed by atoms with Crippen LogP contribution in [0.4, 0.5) is 0 Å². The van der Waals surface area contributed by atoms with E-state index in [4.69, 9.17) is 4.42 Å². The Kier molecular flexibility index (Phi) is 4.20. The van der Waals surface area contributed by atoms with Crippen LogP contribution < -0.4 is 0 Å². The second kappa shape index (κ2) is 6.41. The molecule has 6 nitrogen and oxygen atoms in total. The lowest BCUT2D eigenvalue weighted by molar-refractivity contribution is 0.345. The number of aromatic nitrogens is 2. The van der Waals surface area contributed by atoms with Crippen LogP contribution in [0.15, 0.2) is 58.4 Å². The van der Waals surface area contributed by atoms with Crippen molar-refractivity contribution in [3.63, 3.8) is 0 Å². The summed E-state index contributed by atoms with van der Waals surface area (Å²) in [5.74, 6) is 1.49. The Morgan fingerprint density at radius 1 is 1.19 bits per heavy atom. The van der Waals surface area contributed by atoms with E-state index >= 15 is 0 Å². The maximum absolute atomic E-state index is 12.9. The number of hydrogen-bond acceptors (Lipinski definition) is 4. The molecule has 1 aliphatic rings. The van der Waals surface area contributed by atoms with Crippen molar-refractivity contribution in [2.75, 3.05) is 6.54 Å². The maximum Gasteiger partial charge on any atom is 0.262 e. The molecule has 4 rings (SSSR count). The third-order valence-electron chi connectivity index (χ3n) is 4.68. The van der Waals surface area contributed by atoms with Gasteiger partial charge in [-0.05, 0) is 31.9 Å². The van der Waals surface area contributed by atoms with E-state index in [2.05, 4.69) is 4.98 Å². The summed E-state index contributed by atoms with van der Waals surface area (Å²) in [6, 6.07) is 12.0. The smallest absolute Gasteiger partial charge is 0.262 e. The van der Waals surface area contributed by atoms with Gasteiger partial charge in [-0.3, -0.25) is 0 Å². The van der Waals surface area contributed by atoms with Crippen LogP contribution >= 0.6 is 0 Å². The predicted octanol–water partition coefficient (Wildman–Crippen LogP) is 3.47. The van der Waals surface area contributed by atoms with Crippen molar-refractivity contribution >= 4 is 10.0 Å². The van der Waals surface area contributed by atoms with Gasteiger partial charge in [-0.25, -0.2) is 13.4 Å². The van der Waals surface area contributed by atoms with Crippen LogP contribution in [0.2, 0.25) is 0 Å². The summed E-state index contributed by atoms with van der Waals surface area (Å²) in [5, 5.41) is 0.0875. The highest BCUT2D eigenvalue weighted by atomic mass is 32.2. The van der Waals surface area contributed by atoms with Gasteiger partial charge >= 0.3 is 0 Å². The first-order chi connectivity index (χ1) is 12.4. The Labute approximate surface area is 153 Å². The molecule has 0 saturated heterocycles. The fourth-order valence-electron chi connectivity index (χ4n) is 3.11. The normalized spacial score (nSPS) is 15.3. The number of sulfonamides is 1. The van der Waals surface area contributed by atoms with Crippen molar-refractivity contribution in [3.8, 4) is 11.3 Å². The second-order valence-electron chi connectivity index (χ2n) is 6.77. The second-order valence-corrected chi connectivity index (χ2v) is 8.65. The summed E-state index contributed by atoms with van der Waals surface area (Å²) in [5.41, 5.74) is 2.06. The van der Waals surface area contributed by atoms with Crippen LogP contribution in [-0.2, 0) is 23.0 Å². The van der Waals surface area contributed by atoms with Gasteiger partial charge in [-0.2, -0.15) is 4.31 Å². The Balaban J connectivity index is 1.60. The Morgan fingerprint density at radius 2 is 1.96 bits per heavy atom. The maximum atomic E-state index is 12.9. The lowest BCUT2D eigenvalue weighted by atomic mass is 10.1. The minimum Gasteiger partial charge on any atom is -0.459 e. The zero-order valence-electron chi connectivity index (χ0n) is 14.8. The molecule has 0 atom stereocenters. The molecular weight excluding hydrogens is 350 g/mol. The molecule has 3 aromatic rings. The summed E-state index contributed by atoms with van der Waals surface area (Å²) in [6.45, 7) is 4.63. The van der Waals surface area contributed by atoms with E-state index in [1.165, 1.54) is 4.31 Å². The van der Waals surface area contributed by atoms with Gasteiger partial charge in [0.05, 0.1) is 12.9 Å². The average Bonchev–Trinajstić information content (AvgIpc) is 3.29. The third kappa shape index (κ3) is 2.97. The first kappa shape index (κ1) is 17.1. The van der Waals surface area contributed by atoms with E-state index in [1.807, 2.05) is 50.2 Å². The molecule has 26 heavy (non-hydrogen) atoms. The SMILES string of the molecule is CC(C)n1cnc(S(=O)(=O)N2CCc3cc(-c4ccccc4)oc3C2)c1. The number of hydrogen-bond donors (Lipinski definition) is 0. The van der Waals surface area contributed by atoms with E-state index < -0.39 is 10.0 Å². The summed E-state index contributed by atoms with van der Waals surface area (Å²) in [6.07, 6.45) is 3.79. The molecule has 3 heterocycles. The van der Waals surface area contributed by atoms with Crippen molar-refractivity contribution in [2.45, 2.75) is 37.9 Å². The van der Waals surface area contributed by atoms with Gasteiger partial charge in [0.2, 0.25) is 0 Å². The number of rotatable bonds is 4. The van der Waals surface area contributed by atoms with Crippen molar-refractivity contribution in [1.82, 2.24) is 13.9 Å². The van der Waals surface area contributed by atoms with Gasteiger partial charge in [-0.15, -0.1) is 0 Å². The van der Waals surface area contributed by atoms with Crippen molar-refractivity contribution < 1.29 is 12.8 Å². The van der Waals surface area contributed by atoms with Crippen LogP contribution in [0.5, 0.6) is 0 Å². The molecule has 1 aliphatic heterocycles. The average molecular weight is 371 g/mol. The molecule has 0 fully saturated rings. The summed E-state index contributed by atoms with van der Waals surface area (Å²) in [7, 11) is -3.63. The van der Waals surface area contributed by atoms with Crippen LogP contribution in [0.1, 0.15) is 31.2 Å². The summed E-state index contributed by atoms with van der Waals surface area (Å²) < 4.78 is 35.0. The van der Waals surface area contributed by atoms with Crippen molar-refractivity contribution in [3.05, 3.63) is 60.2 Å². The lowest BCUT2D eigenvalue weighted by Crippen LogP contribution is -2.35. The number of nitrogens with zero attached hydrogens (tertiary/aromatic N) is 3. The predicted molar refractivity (Wildman–Crippen MR) is 98.1 cm³/mol. The van der Waals surface area contributed by atoms with Crippen LogP contribution in [0.3, 0.4) is 0 Å². The topological polar surface area (TPSA) is 68.3 Å². The molecule has 0 aliphatic carbocycles. The molecule has 0 amide bonds. The molecule has 0 spiro atoms. The molecule has 7 heteroatoms. The highest BCUT2D eigenvalue weighted by molar-refractivity contribution is 7.89. The highest BCUT2D eigenvalue weighted by Gasteiger charge is 2.32. The summed E-state index contributed by atoms with van der Waals surface area (Å²) in [4.78, 5) is 4.10. The fraction of sp³-hybridized carbons (Fsp3) is 0.316. The molecule has 0 N–H and O–H groups in total. The van der Waals surface area contributed by atoms with Crippen molar-refractivity contribution in [2.24, 2.45) is 0 Å². The first-order valence-electron chi connectivity index (χ1n) is 8.66. The zero-order valence-corrected chi connectivity index (χ0v) is 15.6. The minimum atomic E-state index is -3.63. The molecular formula is C19H21N3O3S. The number of furan rings is 1. The van der Waals surface area contributed by atoms with Gasteiger partial charge in [0, 0.05) is 24.3 Å². The standard InChI is InChI=1S/C19H21N3O3S/c1-14(2)21-12-19(20-13-21)26(23,24)22-9-8-16-10-17(25-18(16)11-22)15-6-4-3-5-7-15/h3-7,10,12-14H,8-9,11H2,1-2H3. The van der Waals surface area contributed by atoms with Gasteiger partial charge in [0.15, 0.2) is 5.03 Å². The Hall–Kier alpha value is -2.38. The lowest BCUT2D eigenvalue weighted by Gasteiger charge is -2.24. The molecule has 1 aromatic carbocycles. The van der Waals surface area contributed by atoms with Crippen LogP contribution in [-0.4, -0.2) is 28.8 Å². The Morgan fingerprint density at radius 3 is 2.65 bits per heavy atom. The van der Waals surface area contributed by atoms with E-state index in [0.717, 1.165) is 16.9 Å². The molecule has 0 unspecified atom stereocenters. The Bertz CT molecular complexity index is 1020. The van der Waals surface area contributed by atoms with E-state index in [9.17, 15) is 8.42 Å². The number of imidazole rings is 1. The molecule has 2 aromatic heterocycles. The molecule has 0 radical (unpaired) electrons. The van der Waals surface area contributed by atoms with Gasteiger partial charge in [-0.1, -0.05) is 30.3 Å². The molecule has 136 valence electrons. The van der Waals surface area contributed by atoms with Crippen LogP contribution in [0.25, 0.3) is 11.3 Å².